The Hall–Kier alpha value is -1.40. The van der Waals surface area contributed by atoms with E-state index in [1.54, 1.807) is 21.9 Å². The molecule has 1 aliphatic rings. The number of carbonyl (C=O) groups is 1. The van der Waals surface area contributed by atoms with Crippen LogP contribution in [-0.4, -0.2) is 38.1 Å². The maximum absolute atomic E-state index is 12.7. The SMILES string of the molecule is CC1(C)C(=O)N(CCCCBr)N=C1c1cnn2cc(Cl)ccc12. The molecule has 5 nitrogen and oxygen atoms in total. The van der Waals surface area contributed by atoms with Crippen molar-refractivity contribution in [1.29, 1.82) is 0 Å². The second-order valence-corrected chi connectivity index (χ2v) is 7.36. The summed E-state index contributed by atoms with van der Waals surface area (Å²) >= 11 is 9.42. The van der Waals surface area contributed by atoms with E-state index in [1.807, 2.05) is 26.0 Å². The summed E-state index contributed by atoms with van der Waals surface area (Å²) < 4.78 is 1.72. The summed E-state index contributed by atoms with van der Waals surface area (Å²) in [5.74, 6) is 0.0374. The van der Waals surface area contributed by atoms with E-state index in [4.69, 9.17) is 11.6 Å². The summed E-state index contributed by atoms with van der Waals surface area (Å²) in [6.07, 6.45) is 5.44. The van der Waals surface area contributed by atoms with Gasteiger partial charge in [0, 0.05) is 23.6 Å². The maximum Gasteiger partial charge on any atom is 0.254 e. The molecule has 0 aliphatic carbocycles. The first-order chi connectivity index (χ1) is 10.9. The van der Waals surface area contributed by atoms with Crippen LogP contribution in [-0.2, 0) is 4.79 Å². The quantitative estimate of drug-likeness (QED) is 0.570. The highest BCUT2D eigenvalue weighted by Gasteiger charge is 2.44. The van der Waals surface area contributed by atoms with Gasteiger partial charge in [-0.3, -0.25) is 4.79 Å². The number of halogens is 2. The molecule has 1 aliphatic heterocycles. The van der Waals surface area contributed by atoms with Crippen LogP contribution in [0.25, 0.3) is 5.52 Å². The van der Waals surface area contributed by atoms with Crippen molar-refractivity contribution in [2.75, 3.05) is 11.9 Å². The monoisotopic (exact) mass is 396 g/mol. The summed E-state index contributed by atoms with van der Waals surface area (Å²) in [5, 5.41) is 12.1. The van der Waals surface area contributed by atoms with E-state index in [0.717, 1.165) is 35.0 Å². The Morgan fingerprint density at radius 3 is 2.83 bits per heavy atom. The van der Waals surface area contributed by atoms with Crippen LogP contribution >= 0.6 is 27.5 Å². The molecule has 0 atom stereocenters. The van der Waals surface area contributed by atoms with Gasteiger partial charge in [0.05, 0.1) is 27.9 Å². The first-order valence-corrected chi connectivity index (χ1v) is 9.05. The normalized spacial score (nSPS) is 17.1. The topological polar surface area (TPSA) is 50.0 Å². The lowest BCUT2D eigenvalue weighted by Gasteiger charge is -2.19. The van der Waals surface area contributed by atoms with Crippen LogP contribution in [0.15, 0.2) is 29.6 Å². The van der Waals surface area contributed by atoms with Gasteiger partial charge in [0.2, 0.25) is 0 Å². The highest BCUT2D eigenvalue weighted by atomic mass is 79.9. The fourth-order valence-corrected chi connectivity index (χ4v) is 3.31. The van der Waals surface area contributed by atoms with Crippen molar-refractivity contribution in [1.82, 2.24) is 14.6 Å². The minimum absolute atomic E-state index is 0.0374. The van der Waals surface area contributed by atoms with Gasteiger partial charge in [0.25, 0.3) is 5.91 Å². The van der Waals surface area contributed by atoms with Gasteiger partial charge < -0.3 is 0 Å². The van der Waals surface area contributed by atoms with Gasteiger partial charge in [-0.05, 0) is 38.8 Å². The van der Waals surface area contributed by atoms with Crippen molar-refractivity contribution in [2.24, 2.45) is 10.5 Å². The predicted molar refractivity (Wildman–Crippen MR) is 95.3 cm³/mol. The molecule has 0 fully saturated rings. The number of nitrogens with zero attached hydrogens (tertiary/aromatic N) is 4. The number of hydrazone groups is 1. The number of alkyl halides is 1. The Kier molecular flexibility index (Phi) is 4.47. The Labute approximate surface area is 148 Å². The highest BCUT2D eigenvalue weighted by molar-refractivity contribution is 9.09. The van der Waals surface area contributed by atoms with Crippen LogP contribution in [0.4, 0.5) is 0 Å². The zero-order valence-electron chi connectivity index (χ0n) is 13.1. The van der Waals surface area contributed by atoms with Gasteiger partial charge >= 0.3 is 0 Å². The third kappa shape index (κ3) is 2.90. The lowest BCUT2D eigenvalue weighted by Crippen LogP contribution is -2.35. The standard InChI is InChI=1S/C16H18BrClN4O/c1-16(2)14(20-21(15(16)23)8-4-3-7-17)12-9-19-22-10-11(18)5-6-13(12)22/h5-6,9-10H,3-4,7-8H2,1-2H3. The van der Waals surface area contributed by atoms with Crippen LogP contribution in [0.3, 0.4) is 0 Å². The lowest BCUT2D eigenvalue weighted by molar-refractivity contribution is -0.135. The average Bonchev–Trinajstić information content (AvgIpc) is 3.00. The van der Waals surface area contributed by atoms with Crippen LogP contribution in [0, 0.1) is 5.41 Å². The number of pyridine rings is 1. The van der Waals surface area contributed by atoms with Gasteiger partial charge in [0.1, 0.15) is 0 Å². The van der Waals surface area contributed by atoms with Crippen LogP contribution < -0.4 is 0 Å². The molecular formula is C16H18BrClN4O. The first kappa shape index (κ1) is 16.5. The molecule has 0 spiro atoms. The van der Waals surface area contributed by atoms with Crippen LogP contribution in [0.2, 0.25) is 5.02 Å². The highest BCUT2D eigenvalue weighted by Crippen LogP contribution is 2.33. The molecule has 1 amide bonds. The van der Waals surface area contributed by atoms with Crippen molar-refractivity contribution in [3.8, 4) is 0 Å². The molecule has 23 heavy (non-hydrogen) atoms. The van der Waals surface area contributed by atoms with Crippen molar-refractivity contribution in [3.05, 3.63) is 35.1 Å². The molecule has 0 unspecified atom stereocenters. The molecule has 0 aromatic carbocycles. The van der Waals surface area contributed by atoms with E-state index in [2.05, 4.69) is 26.1 Å². The van der Waals surface area contributed by atoms with Gasteiger partial charge in [-0.15, -0.1) is 0 Å². The number of carbonyl (C=O) groups excluding carboxylic acids is 1. The van der Waals surface area contributed by atoms with Crippen molar-refractivity contribution in [3.63, 3.8) is 0 Å². The number of hydrogen-bond acceptors (Lipinski definition) is 3. The number of fused-ring (bicyclic) bond motifs is 1. The molecule has 2 aromatic rings. The van der Waals surface area contributed by atoms with Crippen molar-refractivity contribution >= 4 is 44.7 Å². The molecule has 0 bridgehead atoms. The molecule has 0 saturated carbocycles. The van der Waals surface area contributed by atoms with E-state index in [-0.39, 0.29) is 5.91 Å². The second kappa shape index (κ2) is 6.24. The Morgan fingerprint density at radius 2 is 2.09 bits per heavy atom. The minimum atomic E-state index is -0.655. The Morgan fingerprint density at radius 1 is 1.30 bits per heavy atom. The molecule has 2 aromatic heterocycles. The van der Waals surface area contributed by atoms with Crippen molar-refractivity contribution in [2.45, 2.75) is 26.7 Å². The van der Waals surface area contributed by atoms with E-state index in [1.165, 1.54) is 0 Å². The molecule has 7 heteroatoms. The average molecular weight is 398 g/mol. The summed E-state index contributed by atoms with van der Waals surface area (Å²) in [6, 6.07) is 3.72. The fourth-order valence-electron chi connectivity index (χ4n) is 2.75. The zero-order valence-corrected chi connectivity index (χ0v) is 15.4. The molecule has 3 heterocycles. The summed E-state index contributed by atoms with van der Waals surface area (Å²) in [6.45, 7) is 4.47. The summed E-state index contributed by atoms with van der Waals surface area (Å²) in [7, 11) is 0. The first-order valence-electron chi connectivity index (χ1n) is 7.55. The molecular weight excluding hydrogens is 380 g/mol. The Balaban J connectivity index is 1.98. The predicted octanol–water partition coefficient (Wildman–Crippen LogP) is 3.74. The summed E-state index contributed by atoms with van der Waals surface area (Å²) in [5.41, 5.74) is 1.88. The Bertz CT molecular complexity index is 783. The molecule has 122 valence electrons. The number of unbranched alkanes of at least 4 members (excludes halogenated alkanes) is 1. The van der Waals surface area contributed by atoms with Crippen LogP contribution in [0.5, 0.6) is 0 Å². The van der Waals surface area contributed by atoms with E-state index in [9.17, 15) is 4.79 Å². The van der Waals surface area contributed by atoms with Crippen LogP contribution in [0.1, 0.15) is 32.3 Å². The molecule has 0 N–H and O–H groups in total. The third-order valence-electron chi connectivity index (χ3n) is 4.07. The lowest BCUT2D eigenvalue weighted by atomic mass is 9.84. The van der Waals surface area contributed by atoms with Crippen molar-refractivity contribution < 1.29 is 4.79 Å². The van der Waals surface area contributed by atoms with Gasteiger partial charge in [0.15, 0.2) is 0 Å². The van der Waals surface area contributed by atoms with Gasteiger partial charge in [-0.25, -0.2) is 9.52 Å². The second-order valence-electron chi connectivity index (χ2n) is 6.13. The largest absolute Gasteiger partial charge is 0.272 e. The van der Waals surface area contributed by atoms with Gasteiger partial charge in [-0.2, -0.15) is 10.2 Å². The molecule has 0 saturated heterocycles. The number of amides is 1. The van der Waals surface area contributed by atoms with E-state index >= 15 is 0 Å². The number of aromatic nitrogens is 2. The maximum atomic E-state index is 12.7. The van der Waals surface area contributed by atoms with E-state index in [0.29, 0.717) is 11.6 Å². The van der Waals surface area contributed by atoms with E-state index < -0.39 is 5.41 Å². The number of rotatable bonds is 5. The molecule has 0 radical (unpaired) electrons. The zero-order chi connectivity index (χ0) is 16.6. The number of hydrogen-bond donors (Lipinski definition) is 0. The smallest absolute Gasteiger partial charge is 0.254 e. The van der Waals surface area contributed by atoms with Gasteiger partial charge in [-0.1, -0.05) is 27.5 Å². The third-order valence-corrected chi connectivity index (χ3v) is 4.85. The summed E-state index contributed by atoms with van der Waals surface area (Å²) in [4.78, 5) is 12.7. The molecule has 3 rings (SSSR count). The fraction of sp³-hybridized carbons (Fsp3) is 0.438. The minimum Gasteiger partial charge on any atom is -0.272 e.